The van der Waals surface area contributed by atoms with Crippen LogP contribution >= 0.6 is 31.3 Å². The smallest absolute Gasteiger partial charge is 0.379 e. The van der Waals surface area contributed by atoms with Gasteiger partial charge in [-0.15, -0.1) is 0 Å². The molecule has 2 atom stereocenters. The molecule has 0 aliphatic carbocycles. The molecule has 0 aliphatic heterocycles. The normalized spacial score (nSPS) is 13.6. The van der Waals surface area contributed by atoms with Gasteiger partial charge in [0.25, 0.3) is 0 Å². The van der Waals surface area contributed by atoms with E-state index in [1.54, 1.807) is 0 Å². The Morgan fingerprint density at radius 1 is 0.510 bits per heavy atom. The van der Waals surface area contributed by atoms with E-state index in [-0.39, 0.29) is 19.8 Å². The summed E-state index contributed by atoms with van der Waals surface area (Å²) in [7, 11) is -4.14. The summed E-state index contributed by atoms with van der Waals surface area (Å²) in [4.78, 5) is 9.90. The third-order valence-electron chi connectivity index (χ3n) is 8.75. The molecule has 10 heteroatoms. The molecule has 0 heterocycles. The Morgan fingerprint density at radius 3 is 1.33 bits per heavy atom. The average Bonchev–Trinajstić information content (AvgIpc) is 3.10. The SMILES string of the molecule is CCCCCCSCCCCCCCCCCCOC[C@@H](COP(=O)(O)OCCN)OCCCCCCCCCCCSCCCCCC. The minimum absolute atomic E-state index is 0.0214. The second-order valence-corrected chi connectivity index (χ2v) is 17.6. The topological polar surface area (TPSA) is 100 Å². The molecule has 0 bridgehead atoms. The van der Waals surface area contributed by atoms with Crippen molar-refractivity contribution >= 4 is 31.3 Å². The second-order valence-electron chi connectivity index (χ2n) is 13.7. The van der Waals surface area contributed by atoms with Crippen molar-refractivity contribution < 1.29 is 28.0 Å². The zero-order chi connectivity index (χ0) is 35.8. The highest BCUT2D eigenvalue weighted by Crippen LogP contribution is 2.43. The molecule has 0 rings (SSSR count). The number of phosphoric acid groups is 1. The molecule has 7 nitrogen and oxygen atoms in total. The number of rotatable bonds is 43. The molecular formula is C39H82NO6PS2. The van der Waals surface area contributed by atoms with E-state index in [0.29, 0.717) is 19.8 Å². The van der Waals surface area contributed by atoms with Crippen molar-refractivity contribution in [2.45, 2.75) is 187 Å². The van der Waals surface area contributed by atoms with Crippen molar-refractivity contribution in [2.75, 3.05) is 62.6 Å². The molecule has 0 amide bonds. The van der Waals surface area contributed by atoms with Gasteiger partial charge in [-0.1, -0.05) is 142 Å². The van der Waals surface area contributed by atoms with Crippen LogP contribution in [0.3, 0.4) is 0 Å². The van der Waals surface area contributed by atoms with Gasteiger partial charge in [0.1, 0.15) is 6.10 Å². The fourth-order valence-electron chi connectivity index (χ4n) is 5.65. The van der Waals surface area contributed by atoms with Gasteiger partial charge in [-0.2, -0.15) is 23.5 Å². The summed E-state index contributed by atoms with van der Waals surface area (Å²) in [6.07, 6.45) is 33.6. The van der Waals surface area contributed by atoms with Crippen LogP contribution in [0.2, 0.25) is 0 Å². The minimum Gasteiger partial charge on any atom is -0.379 e. The molecule has 0 fully saturated rings. The van der Waals surface area contributed by atoms with Gasteiger partial charge in [-0.3, -0.25) is 9.05 Å². The van der Waals surface area contributed by atoms with Crippen molar-refractivity contribution in [2.24, 2.45) is 5.73 Å². The van der Waals surface area contributed by atoms with Crippen LogP contribution in [0.1, 0.15) is 181 Å². The number of thioether (sulfide) groups is 2. The average molecular weight is 756 g/mol. The van der Waals surface area contributed by atoms with Gasteiger partial charge in [0.05, 0.1) is 19.8 Å². The lowest BCUT2D eigenvalue weighted by Crippen LogP contribution is -2.26. The largest absolute Gasteiger partial charge is 0.472 e. The molecule has 0 spiro atoms. The molecule has 0 saturated carbocycles. The molecule has 49 heavy (non-hydrogen) atoms. The molecule has 0 radical (unpaired) electrons. The van der Waals surface area contributed by atoms with Gasteiger partial charge in [0.15, 0.2) is 0 Å². The third-order valence-corrected chi connectivity index (χ3v) is 12.0. The number of hydrogen-bond acceptors (Lipinski definition) is 8. The summed E-state index contributed by atoms with van der Waals surface area (Å²) in [5, 5.41) is 0. The van der Waals surface area contributed by atoms with Crippen LogP contribution < -0.4 is 5.73 Å². The van der Waals surface area contributed by atoms with Crippen molar-refractivity contribution in [3.05, 3.63) is 0 Å². The van der Waals surface area contributed by atoms with Crippen molar-refractivity contribution in [3.63, 3.8) is 0 Å². The van der Waals surface area contributed by atoms with Crippen LogP contribution in [0.25, 0.3) is 0 Å². The lowest BCUT2D eigenvalue weighted by Gasteiger charge is -2.20. The first kappa shape index (κ1) is 49.7. The molecule has 1 unspecified atom stereocenters. The fourth-order valence-corrected chi connectivity index (χ4v) is 8.45. The van der Waals surface area contributed by atoms with Crippen LogP contribution in [-0.2, 0) is 23.1 Å². The maximum atomic E-state index is 12.1. The number of hydrogen-bond donors (Lipinski definition) is 2. The highest BCUT2D eigenvalue weighted by molar-refractivity contribution is 7.99. The van der Waals surface area contributed by atoms with E-state index in [4.69, 9.17) is 24.3 Å². The van der Waals surface area contributed by atoms with Gasteiger partial charge in [-0.25, -0.2) is 4.57 Å². The summed E-state index contributed by atoms with van der Waals surface area (Å²) < 4.78 is 34.1. The number of phosphoric ester groups is 1. The molecule has 0 aromatic carbocycles. The molecule has 0 aliphatic rings. The first-order valence-corrected chi connectivity index (χ1v) is 24.5. The summed E-state index contributed by atoms with van der Waals surface area (Å²) in [5.41, 5.74) is 5.39. The summed E-state index contributed by atoms with van der Waals surface area (Å²) in [6.45, 7) is 6.28. The van der Waals surface area contributed by atoms with E-state index in [9.17, 15) is 9.46 Å². The standard InChI is InChI=1S/C39H82NO6PS2/c1-3-5-7-25-33-48-35-27-21-17-13-9-11-15-19-23-30-43-37-39(38-46-47(41,42)45-32-29-40)44-31-24-20-16-12-10-14-18-22-28-36-49-34-26-8-6-4-2/h39H,3-38,40H2,1-2H3,(H,41,42)/t39-/m0/s1. The van der Waals surface area contributed by atoms with E-state index >= 15 is 0 Å². The zero-order valence-corrected chi connectivity index (χ0v) is 34.9. The van der Waals surface area contributed by atoms with Crippen LogP contribution in [0.15, 0.2) is 0 Å². The molecule has 0 aromatic rings. The van der Waals surface area contributed by atoms with Gasteiger partial charge < -0.3 is 20.1 Å². The van der Waals surface area contributed by atoms with Gasteiger partial charge in [0, 0.05) is 19.8 Å². The first-order chi connectivity index (χ1) is 24.1. The Hall–Kier alpha value is 0.690. The summed E-state index contributed by atoms with van der Waals surface area (Å²) in [6, 6.07) is 0. The highest BCUT2D eigenvalue weighted by Gasteiger charge is 2.23. The molecule has 0 saturated heterocycles. The Morgan fingerprint density at radius 2 is 0.898 bits per heavy atom. The van der Waals surface area contributed by atoms with E-state index in [0.717, 1.165) is 19.3 Å². The number of nitrogens with two attached hydrogens (primary N) is 1. The Labute approximate surface area is 313 Å². The van der Waals surface area contributed by atoms with Crippen molar-refractivity contribution in [1.82, 2.24) is 0 Å². The number of ether oxygens (including phenoxy) is 2. The Bertz CT molecular complexity index is 681. The third kappa shape index (κ3) is 41.3. The van der Waals surface area contributed by atoms with Crippen LogP contribution in [0.5, 0.6) is 0 Å². The maximum absolute atomic E-state index is 12.1. The predicted octanol–water partition coefficient (Wildman–Crippen LogP) is 12.1. The minimum atomic E-state index is -4.14. The maximum Gasteiger partial charge on any atom is 0.472 e. The fraction of sp³-hybridized carbons (Fsp3) is 1.00. The zero-order valence-electron chi connectivity index (χ0n) is 32.4. The molecule has 0 aromatic heterocycles. The molecule has 296 valence electrons. The van der Waals surface area contributed by atoms with Crippen molar-refractivity contribution in [1.29, 1.82) is 0 Å². The van der Waals surface area contributed by atoms with Gasteiger partial charge >= 0.3 is 7.82 Å². The number of unbranched alkanes of at least 4 members (excludes halogenated alkanes) is 22. The predicted molar refractivity (Wildman–Crippen MR) is 217 cm³/mol. The Balaban J connectivity index is 3.84. The van der Waals surface area contributed by atoms with Gasteiger partial charge in [-0.05, 0) is 61.5 Å². The van der Waals surface area contributed by atoms with Crippen LogP contribution in [0.4, 0.5) is 0 Å². The van der Waals surface area contributed by atoms with E-state index in [2.05, 4.69) is 37.4 Å². The molecule has 3 N–H and O–H groups in total. The van der Waals surface area contributed by atoms with Crippen molar-refractivity contribution in [3.8, 4) is 0 Å². The highest BCUT2D eigenvalue weighted by atomic mass is 32.2. The van der Waals surface area contributed by atoms with Crippen LogP contribution in [0, 0.1) is 0 Å². The van der Waals surface area contributed by atoms with E-state index in [1.165, 1.54) is 171 Å². The van der Waals surface area contributed by atoms with E-state index in [1.807, 2.05) is 0 Å². The lowest BCUT2D eigenvalue weighted by molar-refractivity contribution is -0.0443. The molecular weight excluding hydrogens is 674 g/mol. The van der Waals surface area contributed by atoms with Gasteiger partial charge in [0.2, 0.25) is 0 Å². The summed E-state index contributed by atoms with van der Waals surface area (Å²) in [5.74, 6) is 5.36. The van der Waals surface area contributed by atoms with E-state index < -0.39 is 13.9 Å². The second kappa shape index (κ2) is 41.4. The quantitative estimate of drug-likeness (QED) is 0.0465. The lowest BCUT2D eigenvalue weighted by atomic mass is 10.1. The monoisotopic (exact) mass is 756 g/mol. The van der Waals surface area contributed by atoms with Crippen LogP contribution in [-0.4, -0.2) is 73.6 Å². The first-order valence-electron chi connectivity index (χ1n) is 20.7. The summed E-state index contributed by atoms with van der Waals surface area (Å²) >= 11 is 4.29. The Kier molecular flexibility index (Phi) is 42.0.